The number of hydrogen-bond acceptors (Lipinski definition) is 5. The topological polar surface area (TPSA) is 71.5 Å². The molecule has 1 atom stereocenters. The third-order valence-corrected chi connectivity index (χ3v) is 7.34. The number of hydrogen-bond donors (Lipinski definition) is 1. The third kappa shape index (κ3) is 6.02. The fourth-order valence-corrected chi connectivity index (χ4v) is 5.14. The molecule has 1 amide bonds. The molecule has 200 valence electrons. The van der Waals surface area contributed by atoms with Gasteiger partial charge in [-0.2, -0.15) is 0 Å². The highest BCUT2D eigenvalue weighted by Crippen LogP contribution is 2.30. The predicted molar refractivity (Wildman–Crippen MR) is 155 cm³/mol. The number of pyridine rings is 1. The summed E-state index contributed by atoms with van der Waals surface area (Å²) in [6.07, 6.45) is 0.207. The number of carbonyl (C=O) groups excluding carboxylic acids is 2. The quantitative estimate of drug-likeness (QED) is 0.268. The molecule has 0 saturated carbocycles. The molecule has 1 aromatic heterocycles. The number of amides is 1. The maximum absolute atomic E-state index is 13.8. The van der Waals surface area contributed by atoms with Crippen molar-refractivity contribution in [3.05, 3.63) is 107 Å². The van der Waals surface area contributed by atoms with Gasteiger partial charge in [-0.1, -0.05) is 81.4 Å². The zero-order valence-electron chi connectivity index (χ0n) is 22.8. The van der Waals surface area contributed by atoms with E-state index in [2.05, 4.69) is 36.2 Å². The molecule has 0 fully saturated rings. The molecular weight excluding hydrogens is 486 g/mol. The van der Waals surface area contributed by atoms with Gasteiger partial charge in [-0.3, -0.25) is 14.7 Å². The minimum Gasteiger partial charge on any atom is -0.449 e. The highest BCUT2D eigenvalue weighted by Gasteiger charge is 2.29. The average molecular weight is 522 g/mol. The van der Waals surface area contributed by atoms with Gasteiger partial charge in [-0.15, -0.1) is 0 Å². The second-order valence-corrected chi connectivity index (χ2v) is 10.4. The lowest BCUT2D eigenvalue weighted by atomic mass is 9.95. The van der Waals surface area contributed by atoms with Crippen molar-refractivity contribution >= 4 is 28.5 Å². The van der Waals surface area contributed by atoms with Crippen LogP contribution in [0, 0.1) is 0 Å². The minimum absolute atomic E-state index is 0.332. The molecule has 39 heavy (non-hydrogen) atoms. The van der Waals surface area contributed by atoms with Gasteiger partial charge in [0.25, 0.3) is 5.91 Å². The zero-order chi connectivity index (χ0) is 27.4. The molecule has 5 rings (SSSR count). The summed E-state index contributed by atoms with van der Waals surface area (Å²) in [4.78, 5) is 34.1. The van der Waals surface area contributed by atoms with Crippen LogP contribution >= 0.6 is 0 Å². The summed E-state index contributed by atoms with van der Waals surface area (Å²) in [7, 11) is 0. The Morgan fingerprint density at radius 3 is 2.41 bits per heavy atom. The summed E-state index contributed by atoms with van der Waals surface area (Å²) < 4.78 is 5.91. The van der Waals surface area contributed by atoms with Crippen molar-refractivity contribution in [3.63, 3.8) is 0 Å². The maximum atomic E-state index is 13.8. The molecular formula is C33H35N3O3. The maximum Gasteiger partial charge on any atom is 0.340 e. The van der Waals surface area contributed by atoms with Gasteiger partial charge in [0, 0.05) is 48.4 Å². The summed E-state index contributed by atoms with van der Waals surface area (Å²) in [6.45, 7) is 8.35. The second-order valence-electron chi connectivity index (χ2n) is 10.4. The molecule has 1 aliphatic rings. The van der Waals surface area contributed by atoms with E-state index in [-0.39, 0.29) is 5.91 Å². The number of esters is 1. The molecule has 3 aromatic carbocycles. The lowest BCUT2D eigenvalue weighted by Gasteiger charge is -2.30. The molecule has 0 saturated heterocycles. The van der Waals surface area contributed by atoms with Crippen molar-refractivity contribution < 1.29 is 14.3 Å². The van der Waals surface area contributed by atoms with Crippen LogP contribution < -0.4 is 5.32 Å². The lowest BCUT2D eigenvalue weighted by molar-refractivity contribution is -0.124. The van der Waals surface area contributed by atoms with Crippen LogP contribution in [-0.2, 0) is 29.0 Å². The van der Waals surface area contributed by atoms with Gasteiger partial charge in [-0.05, 0) is 41.7 Å². The van der Waals surface area contributed by atoms with E-state index in [1.54, 1.807) is 0 Å². The van der Waals surface area contributed by atoms with Gasteiger partial charge < -0.3 is 10.1 Å². The first kappa shape index (κ1) is 26.6. The van der Waals surface area contributed by atoms with Crippen molar-refractivity contribution in [3.8, 4) is 0 Å². The fraction of sp³-hybridized carbons (Fsp3) is 0.303. The van der Waals surface area contributed by atoms with E-state index in [9.17, 15) is 9.59 Å². The molecule has 2 heterocycles. The van der Waals surface area contributed by atoms with E-state index in [1.165, 1.54) is 11.1 Å². The van der Waals surface area contributed by atoms with Crippen molar-refractivity contribution in [2.24, 2.45) is 0 Å². The predicted octanol–water partition coefficient (Wildman–Crippen LogP) is 6.49. The van der Waals surface area contributed by atoms with Crippen LogP contribution in [0.5, 0.6) is 0 Å². The van der Waals surface area contributed by atoms with Crippen LogP contribution in [0.2, 0.25) is 0 Å². The minimum atomic E-state index is -0.908. The average Bonchev–Trinajstić information content (AvgIpc) is 2.95. The van der Waals surface area contributed by atoms with Crippen LogP contribution in [0.25, 0.3) is 10.9 Å². The van der Waals surface area contributed by atoms with Gasteiger partial charge in [0.05, 0.1) is 11.1 Å². The Balaban J connectivity index is 1.39. The van der Waals surface area contributed by atoms with Crippen LogP contribution in [0.4, 0.5) is 5.69 Å². The number of benzene rings is 3. The number of nitrogens with zero attached hydrogens (tertiary/aromatic N) is 2. The molecule has 1 aliphatic heterocycles. The number of ether oxygens (including phenoxy) is 1. The Hall–Kier alpha value is -4.03. The summed E-state index contributed by atoms with van der Waals surface area (Å²) in [6, 6.07) is 25.8. The van der Waals surface area contributed by atoms with Crippen LogP contribution in [0.15, 0.2) is 78.9 Å². The van der Waals surface area contributed by atoms with Crippen LogP contribution in [0.3, 0.4) is 0 Å². The molecule has 1 N–H and O–H groups in total. The molecule has 6 heteroatoms. The first-order valence-electron chi connectivity index (χ1n) is 13.7. The number of rotatable bonds is 8. The van der Waals surface area contributed by atoms with Crippen LogP contribution in [0.1, 0.15) is 65.9 Å². The second kappa shape index (κ2) is 11.8. The number of para-hydroxylation sites is 1. The molecule has 0 radical (unpaired) electrons. The zero-order valence-corrected chi connectivity index (χ0v) is 22.8. The molecule has 6 nitrogen and oxygen atoms in total. The summed E-state index contributed by atoms with van der Waals surface area (Å²) in [5, 5.41) is 3.67. The molecule has 0 aliphatic carbocycles. The first-order chi connectivity index (χ1) is 18.9. The van der Waals surface area contributed by atoms with E-state index in [0.717, 1.165) is 41.7 Å². The molecule has 0 bridgehead atoms. The highest BCUT2D eigenvalue weighted by atomic mass is 16.5. The number of fused-ring (bicyclic) bond motifs is 2. The third-order valence-electron chi connectivity index (χ3n) is 7.34. The van der Waals surface area contributed by atoms with E-state index in [1.807, 2.05) is 73.7 Å². The van der Waals surface area contributed by atoms with Gasteiger partial charge in [-0.25, -0.2) is 4.79 Å². The van der Waals surface area contributed by atoms with Crippen LogP contribution in [-0.4, -0.2) is 34.4 Å². The number of anilines is 1. The Morgan fingerprint density at radius 2 is 1.69 bits per heavy atom. The number of nitrogens with one attached hydrogen (secondary N) is 1. The number of carbonyl (C=O) groups is 2. The smallest absolute Gasteiger partial charge is 0.340 e. The van der Waals surface area contributed by atoms with E-state index < -0.39 is 12.1 Å². The summed E-state index contributed by atoms with van der Waals surface area (Å²) >= 11 is 0. The fourth-order valence-electron chi connectivity index (χ4n) is 5.14. The highest BCUT2D eigenvalue weighted by molar-refractivity contribution is 6.06. The SMILES string of the molecule is CCC(OC(=O)c1c2c(nc3ccccc13)CCN(Cc1ccccc1)C2)C(=O)Nc1ccc(C(C)C)cc1. The van der Waals surface area contributed by atoms with E-state index >= 15 is 0 Å². The van der Waals surface area contributed by atoms with Crippen molar-refractivity contribution in [1.29, 1.82) is 0 Å². The molecule has 4 aromatic rings. The normalized spacial score (nSPS) is 14.2. The summed E-state index contributed by atoms with van der Waals surface area (Å²) in [5.41, 5.74) is 6.20. The Kier molecular flexibility index (Phi) is 8.03. The Labute approximate surface area is 230 Å². The molecule has 1 unspecified atom stereocenters. The Morgan fingerprint density at radius 1 is 0.974 bits per heavy atom. The first-order valence-corrected chi connectivity index (χ1v) is 13.7. The van der Waals surface area contributed by atoms with Gasteiger partial charge >= 0.3 is 5.97 Å². The van der Waals surface area contributed by atoms with Gasteiger partial charge in [0.2, 0.25) is 0 Å². The van der Waals surface area contributed by atoms with E-state index in [0.29, 0.717) is 30.1 Å². The van der Waals surface area contributed by atoms with Crippen molar-refractivity contribution in [2.45, 2.75) is 58.7 Å². The standard InChI is InChI=1S/C33H35N3O3/c1-4-30(32(37)34-25-16-14-24(15-17-25)22(2)3)39-33(38)31-26-12-8-9-13-28(26)35-29-18-19-36(21-27(29)31)20-23-10-6-5-7-11-23/h5-17,22,30H,4,18-21H2,1-3H3,(H,34,37). The number of aromatic nitrogens is 1. The van der Waals surface area contributed by atoms with Gasteiger partial charge in [0.15, 0.2) is 6.10 Å². The largest absolute Gasteiger partial charge is 0.449 e. The van der Waals surface area contributed by atoms with Gasteiger partial charge in [0.1, 0.15) is 0 Å². The Bertz CT molecular complexity index is 1470. The van der Waals surface area contributed by atoms with E-state index in [4.69, 9.17) is 9.72 Å². The molecule has 0 spiro atoms. The monoisotopic (exact) mass is 521 g/mol. The lowest BCUT2D eigenvalue weighted by Crippen LogP contribution is -2.34. The van der Waals surface area contributed by atoms with Crippen molar-refractivity contribution in [1.82, 2.24) is 9.88 Å². The summed E-state index contributed by atoms with van der Waals surface area (Å²) in [5.74, 6) is -0.409. The van der Waals surface area contributed by atoms with Crippen molar-refractivity contribution in [2.75, 3.05) is 11.9 Å².